The smallest absolute Gasteiger partial charge is 0.306 e. The number of quaternary nitrogens is 1. The number of nitrogens with zero attached hydrogens (tertiary/aromatic N) is 1. The summed E-state index contributed by atoms with van der Waals surface area (Å²) in [7, 11) is 5.38. The molecule has 0 bridgehead atoms. The summed E-state index contributed by atoms with van der Waals surface area (Å²) in [5.41, 5.74) is 0. The molecule has 0 aromatic rings. The van der Waals surface area contributed by atoms with Crippen LogP contribution in [0.1, 0.15) is 162 Å². The first-order chi connectivity index (χ1) is 25.1. The van der Waals surface area contributed by atoms with Gasteiger partial charge in [-0.1, -0.05) is 133 Å². The predicted molar refractivity (Wildman–Crippen MR) is 213 cm³/mol. The van der Waals surface area contributed by atoms with Crippen molar-refractivity contribution in [2.45, 2.75) is 174 Å². The number of aliphatic carboxylic acids is 1. The zero-order valence-corrected chi connectivity index (χ0v) is 34.0. The van der Waals surface area contributed by atoms with Crippen LogP contribution in [0, 0.1) is 0 Å². The molecule has 0 aliphatic carbocycles. The summed E-state index contributed by atoms with van der Waals surface area (Å²) in [5.74, 6) is -1.81. The minimum Gasteiger partial charge on any atom is -0.544 e. The maximum Gasteiger partial charge on any atom is 0.306 e. The summed E-state index contributed by atoms with van der Waals surface area (Å²) < 4.78 is 17.0. The first kappa shape index (κ1) is 49.3. The number of allylic oxidation sites excluding steroid dienone is 8. The SMILES string of the molecule is CC/C=C/C/C=C/C/C=C/CCCCCCCCCCCCC(=O)OC(COCCC(C(=O)[O-])[N+](C)(C)C)COC(=O)CC/C=C/CCCCCC. The van der Waals surface area contributed by atoms with Gasteiger partial charge in [0, 0.05) is 19.3 Å². The van der Waals surface area contributed by atoms with Crippen molar-refractivity contribution in [2.75, 3.05) is 41.0 Å². The Balaban J connectivity index is 4.29. The summed E-state index contributed by atoms with van der Waals surface area (Å²) in [6.07, 6.45) is 40.2. The molecule has 2 unspecified atom stereocenters. The van der Waals surface area contributed by atoms with Gasteiger partial charge >= 0.3 is 11.9 Å². The number of esters is 2. The van der Waals surface area contributed by atoms with Crippen molar-refractivity contribution in [3.05, 3.63) is 48.6 Å². The van der Waals surface area contributed by atoms with Crippen molar-refractivity contribution in [1.29, 1.82) is 0 Å². The van der Waals surface area contributed by atoms with Crippen LogP contribution < -0.4 is 5.11 Å². The monoisotopic (exact) mass is 732 g/mol. The molecule has 0 aliphatic heterocycles. The Hall–Kier alpha value is -2.71. The molecule has 8 nitrogen and oxygen atoms in total. The van der Waals surface area contributed by atoms with Crippen molar-refractivity contribution in [2.24, 2.45) is 0 Å². The fourth-order valence-corrected chi connectivity index (χ4v) is 5.75. The molecule has 0 aromatic carbocycles. The van der Waals surface area contributed by atoms with E-state index >= 15 is 0 Å². The van der Waals surface area contributed by atoms with E-state index in [0.717, 1.165) is 51.4 Å². The first-order valence-corrected chi connectivity index (χ1v) is 20.7. The second-order valence-electron chi connectivity index (χ2n) is 14.8. The number of carbonyl (C=O) groups is 3. The maximum absolute atomic E-state index is 12.7. The fourth-order valence-electron chi connectivity index (χ4n) is 5.75. The Morgan fingerprint density at radius 2 is 1.12 bits per heavy atom. The third-order valence-electron chi connectivity index (χ3n) is 8.96. The molecule has 0 radical (unpaired) electrons. The molecule has 0 fully saturated rings. The molecule has 0 saturated heterocycles. The van der Waals surface area contributed by atoms with Gasteiger partial charge in [-0.3, -0.25) is 9.59 Å². The van der Waals surface area contributed by atoms with Crippen LogP contribution in [-0.2, 0) is 28.6 Å². The fraction of sp³-hybridized carbons (Fsp3) is 0.750. The quantitative estimate of drug-likeness (QED) is 0.0274. The van der Waals surface area contributed by atoms with Gasteiger partial charge < -0.3 is 28.6 Å². The number of hydrogen-bond acceptors (Lipinski definition) is 7. The first-order valence-electron chi connectivity index (χ1n) is 20.7. The third-order valence-corrected chi connectivity index (χ3v) is 8.96. The number of rotatable bonds is 36. The average Bonchev–Trinajstić information content (AvgIpc) is 3.09. The van der Waals surface area contributed by atoms with Gasteiger partial charge in [0.1, 0.15) is 12.6 Å². The van der Waals surface area contributed by atoms with Gasteiger partial charge in [0.15, 0.2) is 6.10 Å². The molecule has 52 heavy (non-hydrogen) atoms. The highest BCUT2D eigenvalue weighted by atomic mass is 16.6. The lowest BCUT2D eigenvalue weighted by Gasteiger charge is -2.34. The van der Waals surface area contributed by atoms with E-state index in [1.165, 1.54) is 70.6 Å². The summed E-state index contributed by atoms with van der Waals surface area (Å²) in [6.45, 7) is 4.45. The van der Waals surface area contributed by atoms with Crippen LogP contribution >= 0.6 is 0 Å². The molecule has 8 heteroatoms. The second kappa shape index (κ2) is 35.3. The second-order valence-corrected chi connectivity index (χ2v) is 14.8. The summed E-state index contributed by atoms with van der Waals surface area (Å²) in [4.78, 5) is 36.6. The Bertz CT molecular complexity index is 995. The molecule has 300 valence electrons. The lowest BCUT2D eigenvalue weighted by Crippen LogP contribution is -2.55. The van der Waals surface area contributed by atoms with Crippen LogP contribution in [0.4, 0.5) is 0 Å². The predicted octanol–water partition coefficient (Wildman–Crippen LogP) is 9.52. The van der Waals surface area contributed by atoms with Gasteiger partial charge in [0.25, 0.3) is 0 Å². The van der Waals surface area contributed by atoms with E-state index in [0.29, 0.717) is 12.8 Å². The van der Waals surface area contributed by atoms with E-state index in [9.17, 15) is 19.5 Å². The summed E-state index contributed by atoms with van der Waals surface area (Å²) in [5, 5.41) is 11.6. The van der Waals surface area contributed by atoms with Crippen molar-refractivity contribution in [3.8, 4) is 0 Å². The van der Waals surface area contributed by atoms with Crippen LogP contribution in [0.15, 0.2) is 48.6 Å². The van der Waals surface area contributed by atoms with Crippen LogP contribution in [-0.4, -0.2) is 75.5 Å². The van der Waals surface area contributed by atoms with Crippen molar-refractivity contribution < 1.29 is 38.2 Å². The molecule has 0 amide bonds. The minimum atomic E-state index is -1.13. The molecule has 0 aliphatic rings. The Kier molecular flexibility index (Phi) is 33.5. The van der Waals surface area contributed by atoms with Crippen molar-refractivity contribution in [3.63, 3.8) is 0 Å². The highest BCUT2D eigenvalue weighted by molar-refractivity contribution is 5.70. The molecule has 0 saturated carbocycles. The number of hydrogen-bond donors (Lipinski definition) is 0. The molecule has 0 rings (SSSR count). The summed E-state index contributed by atoms with van der Waals surface area (Å²) >= 11 is 0. The molecule has 0 spiro atoms. The lowest BCUT2D eigenvalue weighted by atomic mass is 10.0. The normalized spacial score (nSPS) is 13.5. The lowest BCUT2D eigenvalue weighted by molar-refractivity contribution is -0.889. The number of carboxylic acids is 1. The van der Waals surface area contributed by atoms with Crippen LogP contribution in [0.3, 0.4) is 0 Å². The van der Waals surface area contributed by atoms with Gasteiger partial charge in [-0.15, -0.1) is 0 Å². The van der Waals surface area contributed by atoms with Crippen LogP contribution in [0.25, 0.3) is 0 Å². The zero-order valence-electron chi connectivity index (χ0n) is 34.0. The highest BCUT2D eigenvalue weighted by Gasteiger charge is 2.25. The van der Waals surface area contributed by atoms with E-state index in [1.54, 1.807) is 21.1 Å². The van der Waals surface area contributed by atoms with E-state index in [1.807, 2.05) is 6.08 Å². The standard InChI is InChI=1S/C44H77NO7/c1-6-8-10-12-14-16-17-18-19-20-21-22-23-24-25-26-27-29-31-33-35-43(47)52-40(38-50-37-36-41(44(48)49)45(3,4)5)39-51-42(46)34-32-30-28-15-13-11-9-7-2/h8,10,14,16,18-19,28,30,40-41H,6-7,9,11-13,15,17,20-27,29,31-39H2,1-5H3/b10-8+,16-14+,19-18+,30-28+. The van der Waals surface area contributed by atoms with Gasteiger partial charge in [-0.2, -0.15) is 0 Å². The molecular formula is C44H77NO7. The van der Waals surface area contributed by atoms with E-state index in [2.05, 4.69) is 56.4 Å². The zero-order chi connectivity index (χ0) is 38.5. The van der Waals surface area contributed by atoms with Gasteiger partial charge in [0.2, 0.25) is 0 Å². The minimum absolute atomic E-state index is 0.0271. The van der Waals surface area contributed by atoms with Gasteiger partial charge in [0.05, 0.1) is 40.3 Å². The van der Waals surface area contributed by atoms with Crippen LogP contribution in [0.5, 0.6) is 0 Å². The summed E-state index contributed by atoms with van der Waals surface area (Å²) in [6, 6.07) is -0.729. The van der Waals surface area contributed by atoms with Gasteiger partial charge in [-0.25, -0.2) is 0 Å². The molecule has 2 atom stereocenters. The van der Waals surface area contributed by atoms with E-state index in [-0.39, 0.29) is 49.1 Å². The Morgan fingerprint density at radius 3 is 1.69 bits per heavy atom. The molecule has 0 heterocycles. The number of carbonyl (C=O) groups excluding carboxylic acids is 3. The van der Waals surface area contributed by atoms with E-state index < -0.39 is 18.1 Å². The van der Waals surface area contributed by atoms with Gasteiger partial charge in [-0.05, 0) is 57.8 Å². The largest absolute Gasteiger partial charge is 0.544 e. The average molecular weight is 732 g/mol. The topological polar surface area (TPSA) is 102 Å². The number of ether oxygens (including phenoxy) is 3. The van der Waals surface area contributed by atoms with Crippen LogP contribution in [0.2, 0.25) is 0 Å². The highest BCUT2D eigenvalue weighted by Crippen LogP contribution is 2.14. The van der Waals surface area contributed by atoms with Crippen molar-refractivity contribution >= 4 is 17.9 Å². The molecule has 0 N–H and O–H groups in total. The Morgan fingerprint density at radius 1 is 0.596 bits per heavy atom. The molecular weight excluding hydrogens is 654 g/mol. The number of likely N-dealkylation sites (N-methyl/N-ethyl adjacent to an activating group) is 1. The molecule has 0 aromatic heterocycles. The number of unbranched alkanes of at least 4 members (excludes halogenated alkanes) is 14. The number of carboxylic acid groups (broad SMARTS) is 1. The van der Waals surface area contributed by atoms with Crippen molar-refractivity contribution in [1.82, 2.24) is 0 Å². The maximum atomic E-state index is 12.7. The van der Waals surface area contributed by atoms with E-state index in [4.69, 9.17) is 14.2 Å². The third kappa shape index (κ3) is 33.1. The Labute approximate surface area is 318 Å².